The minimum Gasteiger partial charge on any atom is -0.267 e. The monoisotopic (exact) mass is 248 g/mol. The molecule has 5 heteroatoms. The van der Waals surface area contributed by atoms with Crippen LogP contribution in [0.15, 0.2) is 29.3 Å². The summed E-state index contributed by atoms with van der Waals surface area (Å²) in [6.07, 6.45) is 0.950. The highest BCUT2D eigenvalue weighted by Gasteiger charge is 2.21. The summed E-state index contributed by atoms with van der Waals surface area (Å²) in [5.41, 5.74) is 8.53. The Morgan fingerprint density at radius 1 is 1.53 bits per heavy atom. The van der Waals surface area contributed by atoms with Gasteiger partial charge in [0.05, 0.1) is 5.37 Å². The molecule has 0 saturated carbocycles. The molecule has 1 aromatic carbocycles. The molecule has 1 N–H and O–H groups in total. The first-order valence-corrected chi connectivity index (χ1v) is 6.40. The van der Waals surface area contributed by atoms with Crippen LogP contribution in [0, 0.1) is 6.92 Å². The molecule has 1 fully saturated rings. The number of amidine groups is 1. The van der Waals surface area contributed by atoms with E-state index in [1.165, 1.54) is 11.8 Å². The van der Waals surface area contributed by atoms with Crippen LogP contribution in [-0.4, -0.2) is 16.4 Å². The van der Waals surface area contributed by atoms with Crippen molar-refractivity contribution in [2.45, 2.75) is 25.6 Å². The van der Waals surface area contributed by atoms with Crippen molar-refractivity contribution < 1.29 is 4.79 Å². The van der Waals surface area contributed by atoms with Crippen LogP contribution < -0.4 is 10.9 Å². The van der Waals surface area contributed by atoms with Crippen molar-refractivity contribution in [1.82, 2.24) is 10.9 Å². The minimum absolute atomic E-state index is 0.229. The first kappa shape index (κ1) is 12.1. The number of benzene rings is 1. The molecule has 1 aromatic rings. The van der Waals surface area contributed by atoms with E-state index < -0.39 is 0 Å². The van der Waals surface area contributed by atoms with Crippen molar-refractivity contribution in [3.63, 3.8) is 0 Å². The molecule has 0 aromatic heterocycles. The standard InChI is InChI=1S/C12H14N3OS/c1-3-10-14-15-12(17-10)13-11(16)9-7-5-4-6-8(9)2/h4-7,10,14H,3H2,1-2H3. The highest BCUT2D eigenvalue weighted by Crippen LogP contribution is 2.19. The first-order valence-electron chi connectivity index (χ1n) is 5.52. The van der Waals surface area contributed by atoms with Crippen LogP contribution in [-0.2, 0) is 0 Å². The molecule has 89 valence electrons. The molecular weight excluding hydrogens is 234 g/mol. The zero-order valence-corrected chi connectivity index (χ0v) is 10.6. The van der Waals surface area contributed by atoms with E-state index in [0.717, 1.165) is 12.0 Å². The number of hydrogen-bond donors (Lipinski definition) is 1. The summed E-state index contributed by atoms with van der Waals surface area (Å²) in [6, 6.07) is 7.43. The van der Waals surface area contributed by atoms with Crippen LogP contribution in [0.3, 0.4) is 0 Å². The van der Waals surface area contributed by atoms with Gasteiger partial charge in [-0.05, 0) is 25.0 Å². The Morgan fingerprint density at radius 2 is 2.29 bits per heavy atom. The summed E-state index contributed by atoms with van der Waals surface area (Å²) in [6.45, 7) is 3.96. The van der Waals surface area contributed by atoms with Crippen LogP contribution in [0.25, 0.3) is 0 Å². The van der Waals surface area contributed by atoms with Crippen molar-refractivity contribution in [2.24, 2.45) is 4.99 Å². The van der Waals surface area contributed by atoms with E-state index in [0.29, 0.717) is 10.7 Å². The van der Waals surface area contributed by atoms with Crippen LogP contribution >= 0.6 is 11.8 Å². The van der Waals surface area contributed by atoms with Gasteiger partial charge in [0.2, 0.25) is 5.17 Å². The Kier molecular flexibility index (Phi) is 3.81. The Balaban J connectivity index is 2.12. The number of thioether (sulfide) groups is 1. The lowest BCUT2D eigenvalue weighted by Gasteiger charge is -2.00. The molecule has 1 radical (unpaired) electrons. The van der Waals surface area contributed by atoms with E-state index in [2.05, 4.69) is 22.8 Å². The van der Waals surface area contributed by atoms with Crippen LogP contribution in [0.1, 0.15) is 29.3 Å². The van der Waals surface area contributed by atoms with Crippen LogP contribution in [0.5, 0.6) is 0 Å². The number of amides is 1. The average molecular weight is 248 g/mol. The normalized spacial score (nSPS) is 21.5. The highest BCUT2D eigenvalue weighted by atomic mass is 32.2. The molecule has 1 aliphatic heterocycles. The molecular formula is C12H14N3OS. The van der Waals surface area contributed by atoms with Crippen molar-refractivity contribution in [2.75, 3.05) is 0 Å². The van der Waals surface area contributed by atoms with Crippen molar-refractivity contribution >= 4 is 22.8 Å². The number of hydrogen-bond acceptors (Lipinski definition) is 3. The van der Waals surface area contributed by atoms with Gasteiger partial charge in [-0.1, -0.05) is 36.9 Å². The number of aryl methyl sites for hydroxylation is 1. The Hall–Kier alpha value is -1.33. The lowest BCUT2D eigenvalue weighted by Crippen LogP contribution is -2.24. The second-order valence-electron chi connectivity index (χ2n) is 3.77. The van der Waals surface area contributed by atoms with E-state index in [-0.39, 0.29) is 11.3 Å². The Morgan fingerprint density at radius 3 is 2.94 bits per heavy atom. The summed E-state index contributed by atoms with van der Waals surface area (Å²) in [4.78, 5) is 15.9. The summed E-state index contributed by atoms with van der Waals surface area (Å²) in [7, 11) is 0. The maximum absolute atomic E-state index is 11.9. The molecule has 17 heavy (non-hydrogen) atoms. The fourth-order valence-corrected chi connectivity index (χ4v) is 2.26. The largest absolute Gasteiger partial charge is 0.279 e. The number of nitrogens with one attached hydrogen (secondary N) is 1. The topological polar surface area (TPSA) is 55.6 Å². The van der Waals surface area contributed by atoms with Gasteiger partial charge in [0.1, 0.15) is 0 Å². The van der Waals surface area contributed by atoms with Gasteiger partial charge in [0, 0.05) is 5.56 Å². The van der Waals surface area contributed by atoms with E-state index in [9.17, 15) is 4.79 Å². The molecule has 1 saturated heterocycles. The van der Waals surface area contributed by atoms with Crippen molar-refractivity contribution in [3.05, 3.63) is 35.4 Å². The second-order valence-corrected chi connectivity index (χ2v) is 4.94. The summed E-state index contributed by atoms with van der Waals surface area (Å²) < 4.78 is 0. The predicted molar refractivity (Wildman–Crippen MR) is 69.9 cm³/mol. The molecule has 0 bridgehead atoms. The third kappa shape index (κ3) is 2.87. The van der Waals surface area contributed by atoms with Gasteiger partial charge in [-0.3, -0.25) is 4.79 Å². The van der Waals surface area contributed by atoms with Crippen LogP contribution in [0.4, 0.5) is 0 Å². The quantitative estimate of drug-likeness (QED) is 0.871. The Labute approximate surface area is 105 Å². The zero-order chi connectivity index (χ0) is 12.3. The van der Waals surface area contributed by atoms with Crippen molar-refractivity contribution in [3.8, 4) is 0 Å². The lowest BCUT2D eigenvalue weighted by molar-refractivity contribution is 0.100. The predicted octanol–water partition coefficient (Wildman–Crippen LogP) is 2.08. The first-order chi connectivity index (χ1) is 8.20. The molecule has 4 nitrogen and oxygen atoms in total. The fraction of sp³-hybridized carbons (Fsp3) is 0.333. The summed E-state index contributed by atoms with van der Waals surface area (Å²) >= 11 is 1.49. The third-order valence-electron chi connectivity index (χ3n) is 2.50. The molecule has 2 rings (SSSR count). The van der Waals surface area contributed by atoms with Crippen molar-refractivity contribution in [1.29, 1.82) is 0 Å². The number of carbonyl (C=O) groups excluding carboxylic acids is 1. The van der Waals surface area contributed by atoms with Gasteiger partial charge in [-0.25, -0.2) is 0 Å². The van der Waals surface area contributed by atoms with Gasteiger partial charge < -0.3 is 0 Å². The molecule has 1 atom stereocenters. The highest BCUT2D eigenvalue weighted by molar-refractivity contribution is 8.14. The summed E-state index contributed by atoms with van der Waals surface area (Å²) in [5, 5.41) is 0.753. The van der Waals surface area contributed by atoms with E-state index in [1.807, 2.05) is 25.1 Å². The van der Waals surface area contributed by atoms with Gasteiger partial charge in [-0.2, -0.15) is 15.8 Å². The molecule has 0 aliphatic carbocycles. The fourth-order valence-electron chi connectivity index (χ4n) is 1.49. The zero-order valence-electron chi connectivity index (χ0n) is 9.80. The maximum Gasteiger partial charge on any atom is 0.279 e. The van der Waals surface area contributed by atoms with Gasteiger partial charge in [-0.15, -0.1) is 0 Å². The van der Waals surface area contributed by atoms with Gasteiger partial charge >= 0.3 is 0 Å². The molecule has 1 unspecified atom stereocenters. The molecule has 1 amide bonds. The second kappa shape index (κ2) is 5.33. The molecule has 1 aliphatic rings. The SMILES string of the molecule is CCC1N[N]C(=NC(=O)c2ccccc2C)S1. The lowest BCUT2D eigenvalue weighted by atomic mass is 10.1. The van der Waals surface area contributed by atoms with Gasteiger partial charge in [0.15, 0.2) is 0 Å². The molecule has 1 heterocycles. The Bertz CT molecular complexity index is 459. The summed E-state index contributed by atoms with van der Waals surface area (Å²) in [5.74, 6) is -0.229. The van der Waals surface area contributed by atoms with E-state index in [4.69, 9.17) is 0 Å². The average Bonchev–Trinajstić information content (AvgIpc) is 2.77. The third-order valence-corrected chi connectivity index (χ3v) is 3.61. The van der Waals surface area contributed by atoms with Crippen LogP contribution in [0.2, 0.25) is 0 Å². The number of carbonyl (C=O) groups is 1. The minimum atomic E-state index is -0.229. The number of nitrogens with zero attached hydrogens (tertiary/aromatic N) is 2. The van der Waals surface area contributed by atoms with Gasteiger partial charge in [0.25, 0.3) is 5.91 Å². The maximum atomic E-state index is 11.9. The number of aliphatic imine (C=N–C) groups is 1. The smallest absolute Gasteiger partial charge is 0.267 e. The number of rotatable bonds is 2. The molecule has 0 spiro atoms. The van der Waals surface area contributed by atoms with E-state index >= 15 is 0 Å². The van der Waals surface area contributed by atoms with E-state index in [1.54, 1.807) is 6.07 Å².